The third kappa shape index (κ3) is 5.22. The second-order valence-corrected chi connectivity index (χ2v) is 8.21. The minimum absolute atomic E-state index is 0.0155. The number of nitro groups is 1. The number of rotatable bonds is 7. The second-order valence-electron chi connectivity index (χ2n) is 7.44. The minimum atomic E-state index is -0.651. The van der Waals surface area contributed by atoms with Crippen LogP contribution in [-0.4, -0.2) is 27.5 Å². The molecule has 2 aromatic carbocycles. The fraction of sp³-hybridized carbons (Fsp3) is 0.217. The zero-order chi connectivity index (χ0) is 24.2. The highest BCUT2D eigenvalue weighted by molar-refractivity contribution is 6.32. The van der Waals surface area contributed by atoms with E-state index in [2.05, 4.69) is 5.10 Å². The van der Waals surface area contributed by atoms with Gasteiger partial charge in [0.05, 0.1) is 23.8 Å². The van der Waals surface area contributed by atoms with Crippen LogP contribution in [0, 0.1) is 17.0 Å². The Morgan fingerprint density at radius 3 is 2.85 bits per heavy atom. The summed E-state index contributed by atoms with van der Waals surface area (Å²) in [7, 11) is 0. The van der Waals surface area contributed by atoms with Gasteiger partial charge in [0.25, 0.3) is 5.69 Å². The Morgan fingerprint density at radius 1 is 1.29 bits per heavy atom. The number of halogens is 2. The van der Waals surface area contributed by atoms with E-state index in [-0.39, 0.29) is 25.7 Å². The highest BCUT2D eigenvalue weighted by Crippen LogP contribution is 2.33. The van der Waals surface area contributed by atoms with E-state index >= 15 is 0 Å². The molecular formula is C23H19Cl2N3O6. The number of carbonyl (C=O) groups excluding carboxylic acids is 1. The Kier molecular flexibility index (Phi) is 7.16. The molecule has 0 N–H and O–H groups in total. The summed E-state index contributed by atoms with van der Waals surface area (Å²) in [5.41, 5.74) is 2.83. The molecule has 0 atom stereocenters. The van der Waals surface area contributed by atoms with Gasteiger partial charge in [-0.1, -0.05) is 41.4 Å². The van der Waals surface area contributed by atoms with Crippen LogP contribution in [0.1, 0.15) is 27.9 Å². The molecule has 0 saturated carbocycles. The molecule has 0 bridgehead atoms. The molecule has 3 aromatic rings. The molecule has 0 aliphatic carbocycles. The van der Waals surface area contributed by atoms with Crippen molar-refractivity contribution < 1.29 is 23.9 Å². The number of nitro benzene ring substituents is 1. The summed E-state index contributed by atoms with van der Waals surface area (Å²) in [4.78, 5) is 23.0. The Labute approximate surface area is 204 Å². The maximum atomic E-state index is 12.3. The maximum absolute atomic E-state index is 12.3. The van der Waals surface area contributed by atoms with Crippen molar-refractivity contribution in [2.45, 2.75) is 26.7 Å². The number of hydrogen-bond acceptors (Lipinski definition) is 7. The molecule has 34 heavy (non-hydrogen) atoms. The van der Waals surface area contributed by atoms with Crippen LogP contribution in [0.5, 0.6) is 5.75 Å². The summed E-state index contributed by atoms with van der Waals surface area (Å²) in [6.07, 6.45) is 2.74. The molecule has 2 heterocycles. The van der Waals surface area contributed by atoms with Gasteiger partial charge in [0, 0.05) is 39.9 Å². The maximum Gasteiger partial charge on any atom is 0.331 e. The van der Waals surface area contributed by atoms with Gasteiger partial charge in [-0.05, 0) is 24.6 Å². The van der Waals surface area contributed by atoms with Crippen molar-refractivity contribution in [2.24, 2.45) is 0 Å². The number of carbonyl (C=O) groups is 1. The normalized spacial score (nSPS) is 12.9. The smallest absolute Gasteiger partial charge is 0.331 e. The van der Waals surface area contributed by atoms with Crippen LogP contribution in [0.3, 0.4) is 0 Å². The predicted molar refractivity (Wildman–Crippen MR) is 125 cm³/mol. The fourth-order valence-corrected chi connectivity index (χ4v) is 3.98. The van der Waals surface area contributed by atoms with E-state index in [0.29, 0.717) is 44.9 Å². The van der Waals surface area contributed by atoms with Gasteiger partial charge >= 0.3 is 5.97 Å². The molecule has 1 aliphatic rings. The lowest BCUT2D eigenvalue weighted by atomic mass is 10.1. The number of esters is 1. The van der Waals surface area contributed by atoms with Gasteiger partial charge in [-0.2, -0.15) is 5.10 Å². The molecule has 0 spiro atoms. The van der Waals surface area contributed by atoms with Crippen molar-refractivity contribution >= 4 is 40.9 Å². The molecule has 0 fully saturated rings. The fourth-order valence-electron chi connectivity index (χ4n) is 3.49. The van der Waals surface area contributed by atoms with Crippen LogP contribution in [-0.2, 0) is 34.0 Å². The number of hydrogen-bond donors (Lipinski definition) is 0. The molecule has 1 aliphatic heterocycles. The molecular weight excluding hydrogens is 485 g/mol. The average molecular weight is 504 g/mol. The second kappa shape index (κ2) is 10.3. The molecule has 0 radical (unpaired) electrons. The first kappa shape index (κ1) is 23.7. The molecule has 0 unspecified atom stereocenters. The number of non-ortho nitro benzene ring substituents is 1. The Hall–Kier alpha value is -3.40. The van der Waals surface area contributed by atoms with Gasteiger partial charge < -0.3 is 14.2 Å². The largest absolute Gasteiger partial charge is 0.467 e. The van der Waals surface area contributed by atoms with Crippen LogP contribution in [0.4, 0.5) is 5.69 Å². The summed E-state index contributed by atoms with van der Waals surface area (Å²) in [5.74, 6) is -0.227. The van der Waals surface area contributed by atoms with E-state index in [1.165, 1.54) is 24.3 Å². The molecule has 0 saturated heterocycles. The Bertz CT molecular complexity index is 1290. The summed E-state index contributed by atoms with van der Waals surface area (Å²) >= 11 is 12.7. The Morgan fingerprint density at radius 2 is 2.09 bits per heavy atom. The number of ether oxygens (including phenoxy) is 3. The highest BCUT2D eigenvalue weighted by atomic mass is 35.5. The average Bonchev–Trinajstić information content (AvgIpc) is 3.09. The van der Waals surface area contributed by atoms with Gasteiger partial charge in [-0.25, -0.2) is 9.48 Å². The van der Waals surface area contributed by atoms with E-state index < -0.39 is 10.9 Å². The van der Waals surface area contributed by atoms with E-state index in [0.717, 1.165) is 5.56 Å². The van der Waals surface area contributed by atoms with Gasteiger partial charge in [-0.15, -0.1) is 0 Å². The summed E-state index contributed by atoms with van der Waals surface area (Å²) in [5, 5.41) is 16.6. The molecule has 9 nitrogen and oxygen atoms in total. The van der Waals surface area contributed by atoms with E-state index in [1.54, 1.807) is 17.7 Å². The number of fused-ring (bicyclic) bond motifs is 1. The van der Waals surface area contributed by atoms with Gasteiger partial charge in [0.2, 0.25) is 0 Å². The summed E-state index contributed by atoms with van der Waals surface area (Å²) < 4.78 is 17.5. The lowest BCUT2D eigenvalue weighted by Crippen LogP contribution is -2.14. The number of aryl methyl sites for hydroxylation is 1. The third-order valence-corrected chi connectivity index (χ3v) is 5.89. The molecule has 0 amide bonds. The van der Waals surface area contributed by atoms with Crippen molar-refractivity contribution in [3.63, 3.8) is 0 Å². The number of nitrogens with zero attached hydrogens (tertiary/aromatic N) is 3. The van der Waals surface area contributed by atoms with Crippen LogP contribution in [0.2, 0.25) is 10.2 Å². The standard InChI is InChI=1S/C23H19Cl2N3O6/c1-14-19(23(25)27(26-14)10-15-4-2-3-5-20(15)24)6-7-21(29)33-12-17-9-18(28(30)31)8-16-11-32-13-34-22(16)17/h2-9H,10-13H2,1H3. The predicted octanol–water partition coefficient (Wildman–Crippen LogP) is 5.08. The monoisotopic (exact) mass is 503 g/mol. The zero-order valence-corrected chi connectivity index (χ0v) is 19.5. The van der Waals surface area contributed by atoms with Crippen LogP contribution in [0.25, 0.3) is 6.08 Å². The third-order valence-electron chi connectivity index (χ3n) is 5.13. The first-order valence-electron chi connectivity index (χ1n) is 10.2. The molecule has 1 aromatic heterocycles. The lowest BCUT2D eigenvalue weighted by Gasteiger charge is -2.20. The van der Waals surface area contributed by atoms with Crippen molar-refractivity contribution in [3.05, 3.63) is 90.7 Å². The quantitative estimate of drug-likeness (QED) is 0.191. The lowest BCUT2D eigenvalue weighted by molar-refractivity contribution is -0.385. The van der Waals surface area contributed by atoms with Crippen molar-refractivity contribution in [2.75, 3.05) is 6.79 Å². The first-order chi connectivity index (χ1) is 16.3. The number of aromatic nitrogens is 2. The molecule has 11 heteroatoms. The van der Waals surface area contributed by atoms with Crippen LogP contribution < -0.4 is 4.74 Å². The van der Waals surface area contributed by atoms with Crippen molar-refractivity contribution in [3.8, 4) is 5.75 Å². The van der Waals surface area contributed by atoms with Gasteiger partial charge in [0.1, 0.15) is 17.5 Å². The van der Waals surface area contributed by atoms with Crippen molar-refractivity contribution in [1.29, 1.82) is 0 Å². The first-order valence-corrected chi connectivity index (χ1v) is 10.9. The van der Waals surface area contributed by atoms with E-state index in [1.807, 2.05) is 18.2 Å². The Balaban J connectivity index is 1.46. The minimum Gasteiger partial charge on any atom is -0.467 e. The van der Waals surface area contributed by atoms with E-state index in [4.69, 9.17) is 37.4 Å². The van der Waals surface area contributed by atoms with Gasteiger partial charge in [-0.3, -0.25) is 10.1 Å². The summed E-state index contributed by atoms with van der Waals surface area (Å²) in [6, 6.07) is 10.1. The van der Waals surface area contributed by atoms with Crippen LogP contribution in [0.15, 0.2) is 42.5 Å². The van der Waals surface area contributed by atoms with Crippen molar-refractivity contribution in [1.82, 2.24) is 9.78 Å². The topological polar surface area (TPSA) is 106 Å². The zero-order valence-electron chi connectivity index (χ0n) is 18.0. The summed E-state index contributed by atoms with van der Waals surface area (Å²) in [6.45, 7) is 2.13. The van der Waals surface area contributed by atoms with Gasteiger partial charge in [0.15, 0.2) is 6.79 Å². The molecule has 4 rings (SSSR count). The highest BCUT2D eigenvalue weighted by Gasteiger charge is 2.21. The SMILES string of the molecule is Cc1nn(Cc2ccccc2Cl)c(Cl)c1C=CC(=O)OCc1cc([N+](=O)[O-])cc2c1OCOC2. The molecule has 176 valence electrons. The van der Waals surface area contributed by atoms with Crippen LogP contribution >= 0.6 is 23.2 Å². The van der Waals surface area contributed by atoms with E-state index in [9.17, 15) is 14.9 Å². The number of benzene rings is 2.